The van der Waals surface area contributed by atoms with Crippen LogP contribution in [0, 0.1) is 11.8 Å². The van der Waals surface area contributed by atoms with E-state index in [1.165, 1.54) is 69.8 Å². The Morgan fingerprint density at radius 3 is 2.21 bits per heavy atom. The maximum atomic E-state index is 12.6. The zero-order valence-electron chi connectivity index (χ0n) is 21.6. The van der Waals surface area contributed by atoms with E-state index in [1.54, 1.807) is 12.1 Å². The summed E-state index contributed by atoms with van der Waals surface area (Å²) in [6, 6.07) is 15.4. The highest BCUT2D eigenvalue weighted by molar-refractivity contribution is 5.91. The maximum absolute atomic E-state index is 12.6. The number of rotatable bonds is 13. The van der Waals surface area contributed by atoms with Gasteiger partial charge in [0.05, 0.1) is 12.2 Å². The second-order valence-corrected chi connectivity index (χ2v) is 10.2. The number of hydrogen-bond donors (Lipinski definition) is 0. The number of benzene rings is 2. The normalized spacial score (nSPS) is 18.9. The zero-order chi connectivity index (χ0) is 24.2. The monoisotopic (exact) mass is 464 g/mol. The molecular formula is C31H44O3. The van der Waals surface area contributed by atoms with Gasteiger partial charge in [-0.1, -0.05) is 71.4 Å². The Labute approximate surface area is 207 Å². The van der Waals surface area contributed by atoms with Crippen molar-refractivity contribution in [3.8, 4) is 11.5 Å². The first-order chi connectivity index (χ1) is 16.6. The Kier molecular flexibility index (Phi) is 11.0. The van der Waals surface area contributed by atoms with Crippen molar-refractivity contribution in [3.05, 3.63) is 59.7 Å². The van der Waals surface area contributed by atoms with E-state index in [2.05, 4.69) is 32.9 Å². The van der Waals surface area contributed by atoms with Gasteiger partial charge in [0, 0.05) is 0 Å². The summed E-state index contributed by atoms with van der Waals surface area (Å²) in [5.74, 6) is 3.46. The first kappa shape index (κ1) is 26.3. The highest BCUT2D eigenvalue weighted by Gasteiger charge is 2.22. The molecule has 3 nitrogen and oxygen atoms in total. The minimum atomic E-state index is -0.329. The smallest absolute Gasteiger partial charge is 0.343 e. The van der Waals surface area contributed by atoms with Crippen LogP contribution in [0.5, 0.6) is 11.5 Å². The third kappa shape index (κ3) is 8.49. The summed E-state index contributed by atoms with van der Waals surface area (Å²) in [5.41, 5.74) is 1.91. The maximum Gasteiger partial charge on any atom is 0.343 e. The minimum absolute atomic E-state index is 0.329. The van der Waals surface area contributed by atoms with Gasteiger partial charge >= 0.3 is 5.97 Å². The van der Waals surface area contributed by atoms with Crippen molar-refractivity contribution in [2.24, 2.45) is 11.8 Å². The summed E-state index contributed by atoms with van der Waals surface area (Å²) >= 11 is 0. The molecule has 0 N–H and O–H groups in total. The minimum Gasteiger partial charge on any atom is -0.494 e. The summed E-state index contributed by atoms with van der Waals surface area (Å²) in [7, 11) is 0. The van der Waals surface area contributed by atoms with Crippen LogP contribution in [0.25, 0.3) is 0 Å². The lowest BCUT2D eigenvalue weighted by atomic mass is 9.77. The lowest BCUT2D eigenvalue weighted by molar-refractivity contribution is 0.0734. The zero-order valence-corrected chi connectivity index (χ0v) is 21.6. The van der Waals surface area contributed by atoms with Crippen LogP contribution in [0.15, 0.2) is 48.5 Å². The fourth-order valence-corrected chi connectivity index (χ4v) is 5.02. The molecular weight excluding hydrogens is 420 g/mol. The Morgan fingerprint density at radius 1 is 0.882 bits per heavy atom. The van der Waals surface area contributed by atoms with Crippen molar-refractivity contribution < 1.29 is 14.3 Å². The quantitative estimate of drug-likeness (QED) is 0.168. The summed E-state index contributed by atoms with van der Waals surface area (Å²) < 4.78 is 11.4. The number of carbonyl (C=O) groups excluding carboxylic acids is 1. The van der Waals surface area contributed by atoms with Crippen LogP contribution in [-0.2, 0) is 0 Å². The van der Waals surface area contributed by atoms with Crippen LogP contribution in [0.3, 0.4) is 0 Å². The standard InChI is InChI=1S/C31H44O3/c1-4-9-25-11-13-26(14-12-25)27-15-21-30(22-16-27)34-31(32)28-17-19-29(20-18-28)33-23-8-6-7-10-24(3)5-2/h15-22,24-26H,4-14,23H2,1-3H3/t24-,25?,26?/m0/s1. The number of unbranched alkanes of at least 4 members (excludes halogenated alkanes) is 2. The number of hydrogen-bond acceptors (Lipinski definition) is 3. The molecule has 0 aromatic heterocycles. The number of carbonyl (C=O) groups is 1. The molecule has 1 aliphatic carbocycles. The molecule has 0 radical (unpaired) electrons. The van der Waals surface area contributed by atoms with E-state index in [9.17, 15) is 4.79 Å². The second-order valence-electron chi connectivity index (χ2n) is 10.2. The molecule has 0 saturated heterocycles. The predicted molar refractivity (Wildman–Crippen MR) is 141 cm³/mol. The van der Waals surface area contributed by atoms with Gasteiger partial charge < -0.3 is 9.47 Å². The van der Waals surface area contributed by atoms with Crippen LogP contribution >= 0.6 is 0 Å². The van der Waals surface area contributed by atoms with E-state index >= 15 is 0 Å². The van der Waals surface area contributed by atoms with Gasteiger partial charge in [0.2, 0.25) is 0 Å². The summed E-state index contributed by atoms with van der Waals surface area (Å²) in [5, 5.41) is 0. The Balaban J connectivity index is 1.39. The van der Waals surface area contributed by atoms with Gasteiger partial charge in [-0.05, 0) is 91.8 Å². The molecule has 0 heterocycles. The molecule has 186 valence electrons. The SMILES string of the molecule is CCCC1CCC(c2ccc(OC(=O)c3ccc(OCCCCC[C@@H](C)CC)cc3)cc2)CC1. The van der Waals surface area contributed by atoms with Gasteiger partial charge in [-0.3, -0.25) is 0 Å². The molecule has 1 aliphatic rings. The average Bonchev–Trinajstić information content (AvgIpc) is 2.87. The molecule has 0 unspecified atom stereocenters. The van der Waals surface area contributed by atoms with E-state index in [1.807, 2.05) is 24.3 Å². The number of esters is 1. The first-order valence-electron chi connectivity index (χ1n) is 13.6. The predicted octanol–water partition coefficient (Wildman–Crippen LogP) is 8.97. The van der Waals surface area contributed by atoms with E-state index in [-0.39, 0.29) is 5.97 Å². The van der Waals surface area contributed by atoms with Gasteiger partial charge in [-0.15, -0.1) is 0 Å². The van der Waals surface area contributed by atoms with Crippen molar-refractivity contribution in [1.82, 2.24) is 0 Å². The molecule has 0 amide bonds. The molecule has 1 fully saturated rings. The van der Waals surface area contributed by atoms with Gasteiger partial charge in [-0.2, -0.15) is 0 Å². The van der Waals surface area contributed by atoms with Crippen molar-refractivity contribution in [3.63, 3.8) is 0 Å². The van der Waals surface area contributed by atoms with Crippen LogP contribution < -0.4 is 9.47 Å². The van der Waals surface area contributed by atoms with Gasteiger partial charge in [0.25, 0.3) is 0 Å². The van der Waals surface area contributed by atoms with E-state index in [4.69, 9.17) is 9.47 Å². The van der Waals surface area contributed by atoms with Crippen LogP contribution in [0.2, 0.25) is 0 Å². The molecule has 0 spiro atoms. The van der Waals surface area contributed by atoms with Gasteiger partial charge in [-0.25, -0.2) is 4.79 Å². The fraction of sp³-hybridized carbons (Fsp3) is 0.581. The Morgan fingerprint density at radius 2 is 1.56 bits per heavy atom. The topological polar surface area (TPSA) is 35.5 Å². The Bertz CT molecular complexity index is 832. The molecule has 3 rings (SSSR count). The van der Waals surface area contributed by atoms with Gasteiger partial charge in [0.1, 0.15) is 11.5 Å². The van der Waals surface area contributed by atoms with Gasteiger partial charge in [0.15, 0.2) is 0 Å². The average molecular weight is 465 g/mol. The van der Waals surface area contributed by atoms with E-state index in [0.717, 1.165) is 30.6 Å². The fourth-order valence-electron chi connectivity index (χ4n) is 5.02. The molecule has 0 bridgehead atoms. The molecule has 1 saturated carbocycles. The third-order valence-corrected chi connectivity index (χ3v) is 7.50. The van der Waals surface area contributed by atoms with Crippen LogP contribution in [-0.4, -0.2) is 12.6 Å². The van der Waals surface area contributed by atoms with Crippen LogP contribution in [0.4, 0.5) is 0 Å². The van der Waals surface area contributed by atoms with E-state index < -0.39 is 0 Å². The first-order valence-corrected chi connectivity index (χ1v) is 13.6. The lowest BCUT2D eigenvalue weighted by Gasteiger charge is -2.28. The van der Waals surface area contributed by atoms with Crippen molar-refractivity contribution in [2.45, 2.75) is 97.3 Å². The third-order valence-electron chi connectivity index (χ3n) is 7.50. The molecule has 2 aromatic rings. The summed E-state index contributed by atoms with van der Waals surface area (Å²) in [6.45, 7) is 7.57. The lowest BCUT2D eigenvalue weighted by Crippen LogP contribution is -2.13. The molecule has 0 aliphatic heterocycles. The van der Waals surface area contributed by atoms with Crippen molar-refractivity contribution in [2.75, 3.05) is 6.61 Å². The summed E-state index contributed by atoms with van der Waals surface area (Å²) in [4.78, 5) is 12.6. The van der Waals surface area contributed by atoms with Crippen LogP contribution in [0.1, 0.15) is 113 Å². The van der Waals surface area contributed by atoms with Crippen molar-refractivity contribution >= 4 is 5.97 Å². The highest BCUT2D eigenvalue weighted by Crippen LogP contribution is 2.37. The molecule has 3 heteroatoms. The number of ether oxygens (including phenoxy) is 2. The second kappa shape index (κ2) is 14.2. The van der Waals surface area contributed by atoms with E-state index in [0.29, 0.717) is 17.2 Å². The largest absolute Gasteiger partial charge is 0.494 e. The molecule has 34 heavy (non-hydrogen) atoms. The molecule has 1 atom stereocenters. The Hall–Kier alpha value is -2.29. The molecule has 2 aromatic carbocycles. The highest BCUT2D eigenvalue weighted by atomic mass is 16.5. The summed E-state index contributed by atoms with van der Waals surface area (Å²) in [6.07, 6.45) is 14.0. The van der Waals surface area contributed by atoms with Crippen molar-refractivity contribution in [1.29, 1.82) is 0 Å².